The Morgan fingerprint density at radius 2 is 2.04 bits per heavy atom. The quantitative estimate of drug-likeness (QED) is 0.365. The normalized spacial score (nSPS) is 17.2. The molecule has 25 heavy (non-hydrogen) atoms. The van der Waals surface area contributed by atoms with Gasteiger partial charge in [0.05, 0.1) is 5.75 Å². The highest BCUT2D eigenvalue weighted by molar-refractivity contribution is 14.0. The molecule has 2 rings (SSSR count). The highest BCUT2D eigenvalue weighted by atomic mass is 127. The van der Waals surface area contributed by atoms with Crippen LogP contribution in [-0.2, 0) is 16.4 Å². The number of hydrogen-bond acceptors (Lipinski definition) is 3. The fraction of sp³-hybridized carbons (Fsp3) is 0.562. The second-order valence-corrected chi connectivity index (χ2v) is 7.90. The van der Waals surface area contributed by atoms with E-state index in [1.165, 1.54) is 16.4 Å². The third-order valence-corrected chi connectivity index (χ3v) is 6.03. The van der Waals surface area contributed by atoms with Crippen LogP contribution in [0.2, 0.25) is 0 Å². The van der Waals surface area contributed by atoms with Crippen molar-refractivity contribution in [1.82, 2.24) is 14.9 Å². The Bertz CT molecular complexity index is 697. The zero-order chi connectivity index (χ0) is 17.6. The van der Waals surface area contributed by atoms with Gasteiger partial charge in [-0.2, -0.15) is 0 Å². The van der Waals surface area contributed by atoms with Crippen LogP contribution in [0.5, 0.6) is 0 Å². The Hall–Kier alpha value is -0.940. The van der Waals surface area contributed by atoms with E-state index in [0.717, 1.165) is 17.5 Å². The molecular weight excluding hydrogens is 458 g/mol. The smallest absolute Gasteiger partial charge is 0.214 e. The van der Waals surface area contributed by atoms with Gasteiger partial charge in [0.2, 0.25) is 10.0 Å². The van der Waals surface area contributed by atoms with Crippen LogP contribution in [0, 0.1) is 12.7 Å². The van der Waals surface area contributed by atoms with Gasteiger partial charge < -0.3 is 10.6 Å². The van der Waals surface area contributed by atoms with Crippen molar-refractivity contribution < 1.29 is 12.8 Å². The minimum absolute atomic E-state index is 0. The number of aliphatic imine (C=N–C) groups is 1. The zero-order valence-corrected chi connectivity index (χ0v) is 17.7. The van der Waals surface area contributed by atoms with Crippen molar-refractivity contribution in [3.8, 4) is 0 Å². The van der Waals surface area contributed by atoms with Crippen molar-refractivity contribution in [2.24, 2.45) is 4.99 Å². The SMILES string of the molecule is CN=C(NCCc1ccc(F)cc1C)NCCN1CCCS1(=O)=O.I. The highest BCUT2D eigenvalue weighted by Crippen LogP contribution is 2.12. The van der Waals surface area contributed by atoms with Crippen molar-refractivity contribution in [2.75, 3.05) is 39.0 Å². The van der Waals surface area contributed by atoms with Gasteiger partial charge >= 0.3 is 0 Å². The molecule has 1 aliphatic rings. The van der Waals surface area contributed by atoms with Crippen molar-refractivity contribution in [3.05, 3.63) is 35.1 Å². The van der Waals surface area contributed by atoms with Crippen molar-refractivity contribution in [2.45, 2.75) is 19.8 Å². The summed E-state index contributed by atoms with van der Waals surface area (Å²) in [6, 6.07) is 4.78. The second kappa shape index (κ2) is 10.3. The predicted molar refractivity (Wildman–Crippen MR) is 110 cm³/mol. The van der Waals surface area contributed by atoms with Crippen LogP contribution in [0.1, 0.15) is 17.5 Å². The lowest BCUT2D eigenvalue weighted by atomic mass is 10.1. The average molecular weight is 484 g/mol. The molecular formula is C16H26FIN4O2S. The van der Waals surface area contributed by atoms with Gasteiger partial charge in [-0.25, -0.2) is 17.1 Å². The maximum Gasteiger partial charge on any atom is 0.214 e. The summed E-state index contributed by atoms with van der Waals surface area (Å²) in [6.45, 7) is 4.10. The Labute approximate surface area is 166 Å². The van der Waals surface area contributed by atoms with Gasteiger partial charge in [-0.05, 0) is 43.0 Å². The third kappa shape index (κ3) is 6.70. The summed E-state index contributed by atoms with van der Waals surface area (Å²) in [4.78, 5) is 4.12. The van der Waals surface area contributed by atoms with Crippen molar-refractivity contribution in [1.29, 1.82) is 0 Å². The molecule has 1 fully saturated rings. The Balaban J connectivity index is 0.00000312. The summed E-state index contributed by atoms with van der Waals surface area (Å²) < 4.78 is 38.0. The molecule has 1 aromatic rings. The number of sulfonamides is 1. The maximum atomic E-state index is 13.1. The van der Waals surface area contributed by atoms with E-state index in [1.807, 2.05) is 6.92 Å². The molecule has 0 unspecified atom stereocenters. The molecule has 1 aliphatic heterocycles. The molecule has 0 spiro atoms. The van der Waals surface area contributed by atoms with E-state index in [-0.39, 0.29) is 35.5 Å². The first kappa shape index (κ1) is 22.1. The van der Waals surface area contributed by atoms with Gasteiger partial charge in [0.25, 0.3) is 0 Å². The minimum Gasteiger partial charge on any atom is -0.356 e. The molecule has 1 aromatic carbocycles. The first-order valence-corrected chi connectivity index (χ1v) is 9.70. The molecule has 0 radical (unpaired) electrons. The summed E-state index contributed by atoms with van der Waals surface area (Å²) in [7, 11) is -1.38. The standard InChI is InChI=1S/C16H25FN4O2S.HI/c1-13-12-15(17)5-4-14(13)6-7-19-16(18-2)20-8-10-21-9-3-11-24(21,22)23;/h4-5,12H,3,6-11H2,1-2H3,(H2,18,19,20);1H. The van der Waals surface area contributed by atoms with Crippen LogP contribution >= 0.6 is 24.0 Å². The fourth-order valence-corrected chi connectivity index (χ4v) is 4.25. The van der Waals surface area contributed by atoms with Gasteiger partial charge in [0.15, 0.2) is 5.96 Å². The minimum atomic E-state index is -3.05. The zero-order valence-electron chi connectivity index (χ0n) is 14.6. The van der Waals surface area contributed by atoms with E-state index in [4.69, 9.17) is 0 Å². The van der Waals surface area contributed by atoms with E-state index in [0.29, 0.717) is 38.6 Å². The molecule has 1 heterocycles. The van der Waals surface area contributed by atoms with E-state index < -0.39 is 10.0 Å². The first-order valence-electron chi connectivity index (χ1n) is 8.10. The summed E-state index contributed by atoms with van der Waals surface area (Å²) in [5, 5.41) is 6.30. The van der Waals surface area contributed by atoms with E-state index in [2.05, 4.69) is 15.6 Å². The monoisotopic (exact) mass is 484 g/mol. The van der Waals surface area contributed by atoms with Gasteiger partial charge in [0, 0.05) is 33.2 Å². The number of nitrogens with one attached hydrogen (secondary N) is 2. The van der Waals surface area contributed by atoms with E-state index in [9.17, 15) is 12.8 Å². The summed E-state index contributed by atoms with van der Waals surface area (Å²) in [5.74, 6) is 0.654. The molecule has 2 N–H and O–H groups in total. The molecule has 6 nitrogen and oxygen atoms in total. The average Bonchev–Trinajstić information content (AvgIpc) is 2.86. The Kier molecular flexibility index (Phi) is 9.08. The fourth-order valence-electron chi connectivity index (χ4n) is 2.72. The molecule has 0 bridgehead atoms. The predicted octanol–water partition coefficient (Wildman–Crippen LogP) is 1.50. The van der Waals surface area contributed by atoms with Crippen molar-refractivity contribution in [3.63, 3.8) is 0 Å². The lowest BCUT2D eigenvalue weighted by Crippen LogP contribution is -2.42. The Morgan fingerprint density at radius 1 is 1.32 bits per heavy atom. The molecule has 9 heteroatoms. The highest BCUT2D eigenvalue weighted by Gasteiger charge is 2.27. The number of benzene rings is 1. The van der Waals surface area contributed by atoms with Crippen LogP contribution in [0.25, 0.3) is 0 Å². The second-order valence-electron chi connectivity index (χ2n) is 5.82. The lowest BCUT2D eigenvalue weighted by Gasteiger charge is -2.16. The summed E-state index contributed by atoms with van der Waals surface area (Å²) >= 11 is 0. The number of nitrogens with zero attached hydrogens (tertiary/aromatic N) is 2. The topological polar surface area (TPSA) is 73.8 Å². The third-order valence-electron chi connectivity index (χ3n) is 4.07. The van der Waals surface area contributed by atoms with Crippen LogP contribution in [0.4, 0.5) is 4.39 Å². The molecule has 0 aliphatic carbocycles. The molecule has 0 aromatic heterocycles. The Morgan fingerprint density at radius 3 is 2.64 bits per heavy atom. The summed E-state index contributed by atoms with van der Waals surface area (Å²) in [5.41, 5.74) is 2.02. The number of aryl methyl sites for hydroxylation is 1. The maximum absolute atomic E-state index is 13.1. The van der Waals surface area contributed by atoms with Crippen LogP contribution in [0.15, 0.2) is 23.2 Å². The number of rotatable bonds is 6. The molecule has 0 amide bonds. The van der Waals surface area contributed by atoms with E-state index in [1.54, 1.807) is 13.1 Å². The van der Waals surface area contributed by atoms with Gasteiger partial charge in [-0.15, -0.1) is 24.0 Å². The van der Waals surface area contributed by atoms with Crippen molar-refractivity contribution >= 4 is 40.0 Å². The first-order chi connectivity index (χ1) is 11.4. The molecule has 1 saturated heterocycles. The molecule has 0 atom stereocenters. The number of halogens is 2. The number of guanidine groups is 1. The lowest BCUT2D eigenvalue weighted by molar-refractivity contribution is 0.445. The largest absolute Gasteiger partial charge is 0.356 e. The van der Waals surface area contributed by atoms with Gasteiger partial charge in [-0.3, -0.25) is 4.99 Å². The van der Waals surface area contributed by atoms with Gasteiger partial charge in [0.1, 0.15) is 5.82 Å². The van der Waals surface area contributed by atoms with E-state index >= 15 is 0 Å². The summed E-state index contributed by atoms with van der Waals surface area (Å²) in [6.07, 6.45) is 1.46. The van der Waals surface area contributed by atoms with Gasteiger partial charge in [-0.1, -0.05) is 6.07 Å². The van der Waals surface area contributed by atoms with Crippen LogP contribution in [-0.4, -0.2) is 57.7 Å². The molecule has 142 valence electrons. The molecule has 0 saturated carbocycles. The van der Waals surface area contributed by atoms with Crippen LogP contribution in [0.3, 0.4) is 0 Å². The van der Waals surface area contributed by atoms with Crippen LogP contribution < -0.4 is 10.6 Å². The number of hydrogen-bond donors (Lipinski definition) is 2.